The highest BCUT2D eigenvalue weighted by Gasteiger charge is 2.30. The number of aromatic nitrogens is 2. The van der Waals surface area contributed by atoms with Crippen molar-refractivity contribution in [3.8, 4) is 0 Å². The molecule has 2 fully saturated rings. The Balaban J connectivity index is 1.41. The molecule has 0 amide bonds. The zero-order chi connectivity index (χ0) is 20.9. The van der Waals surface area contributed by atoms with Gasteiger partial charge in [-0.2, -0.15) is 4.68 Å². The lowest BCUT2D eigenvalue weighted by Crippen LogP contribution is -2.40. The molecule has 8 nitrogen and oxygen atoms in total. The zero-order valence-corrected chi connectivity index (χ0v) is 17.3. The maximum atomic E-state index is 11.0. The highest BCUT2D eigenvalue weighted by molar-refractivity contribution is 5.27. The summed E-state index contributed by atoms with van der Waals surface area (Å²) in [5.74, 6) is -0.0867. The minimum Gasteiger partial charge on any atom is -0.393 e. The van der Waals surface area contributed by atoms with E-state index in [-0.39, 0.29) is 24.0 Å². The first-order chi connectivity index (χ1) is 14.6. The third-order valence-electron chi connectivity index (χ3n) is 6.47. The van der Waals surface area contributed by atoms with Crippen LogP contribution in [0.3, 0.4) is 0 Å². The van der Waals surface area contributed by atoms with Gasteiger partial charge in [0.2, 0.25) is 0 Å². The van der Waals surface area contributed by atoms with E-state index in [0.717, 1.165) is 64.7 Å². The molecular weight excluding hydrogens is 382 g/mol. The molecule has 1 saturated carbocycles. The summed E-state index contributed by atoms with van der Waals surface area (Å²) >= 11 is 0. The Bertz CT molecular complexity index is 847. The molecule has 8 heteroatoms. The van der Waals surface area contributed by atoms with Crippen molar-refractivity contribution in [3.05, 3.63) is 57.8 Å². The summed E-state index contributed by atoms with van der Waals surface area (Å²) in [6.45, 7) is 3.55. The molecule has 1 aliphatic heterocycles. The van der Waals surface area contributed by atoms with Crippen LogP contribution in [0.1, 0.15) is 55.7 Å². The van der Waals surface area contributed by atoms with Crippen molar-refractivity contribution < 1.29 is 10.0 Å². The summed E-state index contributed by atoms with van der Waals surface area (Å²) in [5, 5.41) is 28.7. The number of nitrogens with one attached hydrogen (secondary N) is 1. The number of benzene rings is 1. The second kappa shape index (κ2) is 9.68. The predicted molar refractivity (Wildman–Crippen MR) is 114 cm³/mol. The third-order valence-corrected chi connectivity index (χ3v) is 6.47. The van der Waals surface area contributed by atoms with Crippen molar-refractivity contribution in [1.82, 2.24) is 20.0 Å². The summed E-state index contributed by atoms with van der Waals surface area (Å²) in [6, 6.07) is 10.4. The van der Waals surface area contributed by atoms with Crippen LogP contribution in [0.4, 0.5) is 5.82 Å². The number of nitrogens with zero attached hydrogens (tertiary/aromatic N) is 4. The summed E-state index contributed by atoms with van der Waals surface area (Å²) < 4.78 is 1.78. The van der Waals surface area contributed by atoms with Crippen LogP contribution in [0.15, 0.2) is 36.5 Å². The van der Waals surface area contributed by atoms with Gasteiger partial charge in [-0.15, -0.1) is 0 Å². The summed E-state index contributed by atoms with van der Waals surface area (Å²) in [5.41, 5.74) is 2.61. The first-order valence-electron chi connectivity index (χ1n) is 11.0. The second-order valence-electron chi connectivity index (χ2n) is 8.53. The average Bonchev–Trinajstić information content (AvgIpc) is 3.25. The number of nitro groups is 1. The SMILES string of the molecule is O=[N+]([O-])c1ccn([C@@H]2CCCC[C@H]2NCc2ccccc2CN2CCC(O)CC2)n1. The Morgan fingerprint density at radius 2 is 1.83 bits per heavy atom. The molecular formula is C22H31N5O3. The number of aliphatic hydroxyl groups excluding tert-OH is 1. The quantitative estimate of drug-likeness (QED) is 0.535. The van der Waals surface area contributed by atoms with Gasteiger partial charge in [-0.1, -0.05) is 37.1 Å². The van der Waals surface area contributed by atoms with E-state index in [1.54, 1.807) is 10.9 Å². The van der Waals surface area contributed by atoms with Crippen LogP contribution < -0.4 is 5.32 Å². The van der Waals surface area contributed by atoms with Crippen LogP contribution in [-0.4, -0.2) is 49.9 Å². The van der Waals surface area contributed by atoms with Crippen LogP contribution in [0.25, 0.3) is 0 Å². The molecule has 2 aliphatic rings. The molecule has 2 heterocycles. The van der Waals surface area contributed by atoms with E-state index in [0.29, 0.717) is 0 Å². The lowest BCUT2D eigenvalue weighted by Gasteiger charge is -2.32. The largest absolute Gasteiger partial charge is 0.393 e. The van der Waals surface area contributed by atoms with E-state index in [1.807, 2.05) is 0 Å². The highest BCUT2D eigenvalue weighted by Crippen LogP contribution is 2.29. The van der Waals surface area contributed by atoms with Crippen molar-refractivity contribution in [2.24, 2.45) is 0 Å². The first kappa shape index (κ1) is 21.0. The molecule has 0 radical (unpaired) electrons. The van der Waals surface area contributed by atoms with Crippen LogP contribution >= 0.6 is 0 Å². The zero-order valence-electron chi connectivity index (χ0n) is 17.3. The predicted octanol–water partition coefficient (Wildman–Crippen LogP) is 3.02. The molecule has 162 valence electrons. The smallest absolute Gasteiger partial charge is 0.389 e. The molecule has 1 aliphatic carbocycles. The van der Waals surface area contributed by atoms with Gasteiger partial charge in [-0.25, -0.2) is 0 Å². The molecule has 1 saturated heterocycles. The van der Waals surface area contributed by atoms with Crippen molar-refractivity contribution in [2.45, 2.75) is 69.8 Å². The lowest BCUT2D eigenvalue weighted by molar-refractivity contribution is -0.389. The Hall–Kier alpha value is -2.29. The van der Waals surface area contributed by atoms with E-state index < -0.39 is 4.92 Å². The number of aliphatic hydroxyl groups is 1. The maximum Gasteiger partial charge on any atom is 0.389 e. The Morgan fingerprint density at radius 1 is 1.10 bits per heavy atom. The fraction of sp³-hybridized carbons (Fsp3) is 0.591. The molecule has 0 spiro atoms. The second-order valence-corrected chi connectivity index (χ2v) is 8.53. The van der Waals surface area contributed by atoms with E-state index >= 15 is 0 Å². The van der Waals surface area contributed by atoms with Gasteiger partial charge in [0.25, 0.3) is 0 Å². The van der Waals surface area contributed by atoms with Gasteiger partial charge in [0.05, 0.1) is 29.5 Å². The minimum absolute atomic E-state index is 0.0867. The molecule has 0 bridgehead atoms. The van der Waals surface area contributed by atoms with Crippen LogP contribution in [0.5, 0.6) is 0 Å². The molecule has 2 aromatic rings. The molecule has 1 aromatic heterocycles. The van der Waals surface area contributed by atoms with Gasteiger partial charge in [0.1, 0.15) is 0 Å². The summed E-state index contributed by atoms with van der Waals surface area (Å²) in [6.07, 6.45) is 7.59. The standard InChI is InChI=1S/C22H31N5O3/c28-19-9-12-25(13-10-19)16-18-6-2-1-5-17(18)15-23-20-7-3-4-8-21(20)26-14-11-22(24-26)27(29)30/h1-2,5-6,11,14,19-21,23,28H,3-4,7-10,12-13,15-16H2/t20-,21-/m1/s1. The number of likely N-dealkylation sites (tertiary alicyclic amines) is 1. The topological polar surface area (TPSA) is 96.5 Å². The molecule has 30 heavy (non-hydrogen) atoms. The van der Waals surface area contributed by atoms with E-state index in [9.17, 15) is 15.2 Å². The molecule has 4 rings (SSSR count). The fourth-order valence-electron chi connectivity index (χ4n) is 4.72. The third kappa shape index (κ3) is 5.06. The summed E-state index contributed by atoms with van der Waals surface area (Å²) in [7, 11) is 0. The number of rotatable bonds is 7. The van der Waals surface area contributed by atoms with Gasteiger partial charge in [0.15, 0.2) is 0 Å². The Morgan fingerprint density at radius 3 is 2.57 bits per heavy atom. The highest BCUT2D eigenvalue weighted by atomic mass is 16.6. The van der Waals surface area contributed by atoms with Crippen molar-refractivity contribution in [1.29, 1.82) is 0 Å². The Kier molecular flexibility index (Phi) is 6.76. The van der Waals surface area contributed by atoms with Crippen LogP contribution in [0.2, 0.25) is 0 Å². The van der Waals surface area contributed by atoms with Crippen LogP contribution in [0, 0.1) is 10.1 Å². The van der Waals surface area contributed by atoms with Crippen molar-refractivity contribution >= 4 is 5.82 Å². The van der Waals surface area contributed by atoms with Crippen LogP contribution in [-0.2, 0) is 13.1 Å². The molecule has 0 unspecified atom stereocenters. The lowest BCUT2D eigenvalue weighted by atomic mass is 9.90. The average molecular weight is 414 g/mol. The van der Waals surface area contributed by atoms with Crippen molar-refractivity contribution in [2.75, 3.05) is 13.1 Å². The maximum absolute atomic E-state index is 11.0. The van der Waals surface area contributed by atoms with Gasteiger partial charge >= 0.3 is 5.82 Å². The van der Waals surface area contributed by atoms with E-state index in [2.05, 4.69) is 39.6 Å². The monoisotopic (exact) mass is 413 g/mol. The van der Waals surface area contributed by atoms with Gasteiger partial charge in [-0.05, 0) is 41.7 Å². The molecule has 2 N–H and O–H groups in total. The van der Waals surface area contributed by atoms with Crippen molar-refractivity contribution in [3.63, 3.8) is 0 Å². The first-order valence-corrected chi connectivity index (χ1v) is 11.0. The number of piperidine rings is 1. The van der Waals surface area contributed by atoms with E-state index in [4.69, 9.17) is 0 Å². The summed E-state index contributed by atoms with van der Waals surface area (Å²) in [4.78, 5) is 13.0. The fourth-order valence-corrected chi connectivity index (χ4v) is 4.72. The number of hydrogen-bond donors (Lipinski definition) is 2. The van der Waals surface area contributed by atoms with Gasteiger partial charge < -0.3 is 20.5 Å². The van der Waals surface area contributed by atoms with E-state index in [1.165, 1.54) is 17.2 Å². The molecule has 1 aromatic carbocycles. The Labute approximate surface area is 177 Å². The molecule has 2 atom stereocenters. The van der Waals surface area contributed by atoms with Gasteiger partial charge in [-0.3, -0.25) is 4.90 Å². The number of hydrogen-bond acceptors (Lipinski definition) is 6. The normalized spacial score (nSPS) is 23.5. The van der Waals surface area contributed by atoms with Gasteiger partial charge in [0, 0.05) is 32.2 Å². The minimum atomic E-state index is -0.433.